The summed E-state index contributed by atoms with van der Waals surface area (Å²) in [5.74, 6) is -3.29. The second kappa shape index (κ2) is 11.2. The largest absolute Gasteiger partial charge is 0.325 e. The number of amides is 1. The Morgan fingerprint density at radius 2 is 1.05 bits per heavy atom. The molecule has 0 heterocycles. The number of halogens is 5. The van der Waals surface area contributed by atoms with Gasteiger partial charge in [-0.25, -0.2) is 22.0 Å². The molecule has 0 aliphatic rings. The molecule has 0 unspecified atom stereocenters. The third-order valence-electron chi connectivity index (χ3n) is 6.82. The summed E-state index contributed by atoms with van der Waals surface area (Å²) < 4.78 is 70.5. The topological polar surface area (TPSA) is 29.1 Å². The van der Waals surface area contributed by atoms with E-state index in [-0.39, 0.29) is 16.6 Å². The van der Waals surface area contributed by atoms with E-state index in [0.717, 1.165) is 0 Å². The minimum absolute atomic E-state index is 0.235. The molecular weight excluding hydrogens is 501 g/mol. The van der Waals surface area contributed by atoms with Crippen LogP contribution in [0, 0.1) is 63.2 Å². The summed E-state index contributed by atoms with van der Waals surface area (Å²) in [5, 5.41) is 2.50. The zero-order valence-electron chi connectivity index (χ0n) is 24.0. The Morgan fingerprint density at radius 3 is 1.38 bits per heavy atom. The van der Waals surface area contributed by atoms with Gasteiger partial charge < -0.3 is 5.32 Å². The Morgan fingerprint density at radius 1 is 0.676 bits per heavy atom. The summed E-state index contributed by atoms with van der Waals surface area (Å²) in [5.41, 5.74) is -0.454. The highest BCUT2D eigenvalue weighted by Crippen LogP contribution is 2.41. The first kappa shape index (κ1) is 32.7. The number of carbonyl (C=O) groups is 1. The number of hydrogen-bond donors (Lipinski definition) is 1. The molecule has 0 aromatic heterocycles. The van der Waals surface area contributed by atoms with Gasteiger partial charge in [0, 0.05) is 10.8 Å². The standard InChI is InChI=1S/C29H40F5NOSi/c1-17(2)37(18(3)4,19(5)6)16-15-29(28(10,11)12,14-13-27(7,8)9)35-26(36)20-21(30)23(32)25(34)24(33)22(20)31/h17-19H,1-12H3,(H,35,36)/t29-/m1/s1. The van der Waals surface area contributed by atoms with Crippen LogP contribution in [0.4, 0.5) is 22.0 Å². The van der Waals surface area contributed by atoms with Crippen molar-refractivity contribution in [3.05, 3.63) is 34.6 Å². The lowest BCUT2D eigenvalue weighted by molar-refractivity contribution is 0.0882. The highest BCUT2D eigenvalue weighted by molar-refractivity contribution is 6.90. The zero-order chi connectivity index (χ0) is 29.3. The van der Waals surface area contributed by atoms with Crippen LogP contribution in [0.25, 0.3) is 0 Å². The van der Waals surface area contributed by atoms with Gasteiger partial charge in [-0.15, -0.1) is 5.54 Å². The summed E-state index contributed by atoms with van der Waals surface area (Å²) in [6.07, 6.45) is 0. The highest BCUT2D eigenvalue weighted by Gasteiger charge is 2.46. The molecular formula is C29H40F5NOSi. The fraction of sp³-hybridized carbons (Fsp3) is 0.621. The second-order valence-electron chi connectivity index (χ2n) is 12.5. The van der Waals surface area contributed by atoms with Crippen molar-refractivity contribution >= 4 is 14.0 Å². The zero-order valence-corrected chi connectivity index (χ0v) is 25.0. The third-order valence-corrected chi connectivity index (χ3v) is 13.1. The van der Waals surface area contributed by atoms with Crippen LogP contribution >= 0.6 is 0 Å². The molecule has 37 heavy (non-hydrogen) atoms. The van der Waals surface area contributed by atoms with Crippen LogP contribution in [0.2, 0.25) is 16.6 Å². The molecule has 0 fully saturated rings. The summed E-state index contributed by atoms with van der Waals surface area (Å²) in [7, 11) is -2.37. The van der Waals surface area contributed by atoms with Gasteiger partial charge in [-0.1, -0.05) is 80.1 Å². The smallest absolute Gasteiger partial charge is 0.259 e. The molecule has 1 rings (SSSR count). The molecule has 0 aliphatic heterocycles. The van der Waals surface area contributed by atoms with E-state index < -0.39 is 65.0 Å². The first-order valence-corrected chi connectivity index (χ1v) is 14.7. The average molecular weight is 542 g/mol. The summed E-state index contributed by atoms with van der Waals surface area (Å²) in [6, 6.07) is 0. The SMILES string of the molecule is CC(C)[Si](C#C[C@@](C#CC(C)(C)C)(NC(=O)c1c(F)c(F)c(F)c(F)c1F)C(C)(C)C)(C(C)C)C(C)C. The quantitative estimate of drug-likeness (QED) is 0.132. The van der Waals surface area contributed by atoms with E-state index in [2.05, 4.69) is 70.2 Å². The Labute approximate surface area is 220 Å². The average Bonchev–Trinajstić information content (AvgIpc) is 2.72. The van der Waals surface area contributed by atoms with E-state index in [1.807, 2.05) is 20.8 Å². The minimum atomic E-state index is -2.37. The maximum atomic E-state index is 14.5. The van der Waals surface area contributed by atoms with Crippen molar-refractivity contribution in [3.8, 4) is 23.3 Å². The molecule has 0 saturated carbocycles. The van der Waals surface area contributed by atoms with Gasteiger partial charge in [-0.2, -0.15) is 0 Å². The van der Waals surface area contributed by atoms with E-state index in [0.29, 0.717) is 0 Å². The molecule has 1 aromatic rings. The molecule has 0 radical (unpaired) electrons. The maximum absolute atomic E-state index is 14.5. The molecule has 1 aromatic carbocycles. The van der Waals surface area contributed by atoms with Gasteiger partial charge in [0.1, 0.15) is 13.6 Å². The highest BCUT2D eigenvalue weighted by atomic mass is 28.3. The van der Waals surface area contributed by atoms with E-state index >= 15 is 0 Å². The molecule has 8 heteroatoms. The van der Waals surface area contributed by atoms with Gasteiger partial charge in [-0.3, -0.25) is 4.79 Å². The normalized spacial score (nSPS) is 14.2. The predicted octanol–water partition coefficient (Wildman–Crippen LogP) is 8.17. The van der Waals surface area contributed by atoms with Crippen LogP contribution in [-0.2, 0) is 0 Å². The predicted molar refractivity (Wildman–Crippen MR) is 142 cm³/mol. The van der Waals surface area contributed by atoms with E-state index in [9.17, 15) is 26.7 Å². The first-order valence-electron chi connectivity index (χ1n) is 12.5. The van der Waals surface area contributed by atoms with Crippen LogP contribution in [0.1, 0.15) is 93.4 Å². The Hall–Kier alpha value is -2.32. The number of hydrogen-bond acceptors (Lipinski definition) is 1. The van der Waals surface area contributed by atoms with Crippen molar-refractivity contribution in [1.82, 2.24) is 5.32 Å². The van der Waals surface area contributed by atoms with Crippen molar-refractivity contribution in [2.75, 3.05) is 0 Å². The van der Waals surface area contributed by atoms with Gasteiger partial charge >= 0.3 is 0 Å². The lowest BCUT2D eigenvalue weighted by Gasteiger charge is -2.41. The van der Waals surface area contributed by atoms with Gasteiger partial charge in [0.15, 0.2) is 28.8 Å². The number of rotatable bonds is 5. The van der Waals surface area contributed by atoms with Gasteiger partial charge in [0.05, 0.1) is 0 Å². The van der Waals surface area contributed by atoms with E-state index in [1.165, 1.54) is 0 Å². The summed E-state index contributed by atoms with van der Waals surface area (Å²) >= 11 is 0. The molecule has 0 spiro atoms. The number of benzene rings is 1. The molecule has 1 N–H and O–H groups in total. The van der Waals surface area contributed by atoms with Crippen LogP contribution < -0.4 is 5.32 Å². The van der Waals surface area contributed by atoms with E-state index in [1.54, 1.807) is 20.8 Å². The lowest BCUT2D eigenvalue weighted by Crippen LogP contribution is -2.56. The molecule has 206 valence electrons. The van der Waals surface area contributed by atoms with Crippen LogP contribution in [0.15, 0.2) is 0 Å². The first-order chi connectivity index (χ1) is 16.6. The molecule has 1 atom stereocenters. The second-order valence-corrected chi connectivity index (χ2v) is 18.1. The third kappa shape index (κ3) is 6.58. The fourth-order valence-electron chi connectivity index (χ4n) is 4.61. The summed E-state index contributed by atoms with van der Waals surface area (Å²) in [4.78, 5) is 13.2. The van der Waals surface area contributed by atoms with Crippen molar-refractivity contribution < 1.29 is 26.7 Å². The molecule has 1 amide bonds. The van der Waals surface area contributed by atoms with Gasteiger partial charge in [0.25, 0.3) is 5.91 Å². The monoisotopic (exact) mass is 541 g/mol. The number of carbonyl (C=O) groups excluding carboxylic acids is 1. The Kier molecular flexibility index (Phi) is 9.90. The minimum Gasteiger partial charge on any atom is -0.325 e. The Balaban J connectivity index is 4.08. The van der Waals surface area contributed by atoms with Crippen LogP contribution in [0.5, 0.6) is 0 Å². The van der Waals surface area contributed by atoms with Crippen LogP contribution in [-0.4, -0.2) is 19.5 Å². The summed E-state index contributed by atoms with van der Waals surface area (Å²) in [6.45, 7) is 23.4. The Bertz CT molecular complexity index is 1100. The van der Waals surface area contributed by atoms with E-state index in [4.69, 9.17) is 0 Å². The maximum Gasteiger partial charge on any atom is 0.259 e. The fourth-order valence-corrected chi connectivity index (χ4v) is 9.88. The van der Waals surface area contributed by atoms with Crippen molar-refractivity contribution in [2.24, 2.45) is 10.8 Å². The number of nitrogens with one attached hydrogen (secondary N) is 1. The van der Waals surface area contributed by atoms with Crippen molar-refractivity contribution in [1.29, 1.82) is 0 Å². The molecule has 2 nitrogen and oxygen atoms in total. The lowest BCUT2D eigenvalue weighted by atomic mass is 9.73. The van der Waals surface area contributed by atoms with Crippen molar-refractivity contribution in [2.45, 2.75) is 105 Å². The molecule has 0 saturated heterocycles. The molecule has 0 bridgehead atoms. The van der Waals surface area contributed by atoms with Crippen LogP contribution in [0.3, 0.4) is 0 Å². The molecule has 0 aliphatic carbocycles. The van der Waals surface area contributed by atoms with Crippen molar-refractivity contribution in [3.63, 3.8) is 0 Å². The van der Waals surface area contributed by atoms with Gasteiger partial charge in [0.2, 0.25) is 5.82 Å². The van der Waals surface area contributed by atoms with Gasteiger partial charge in [-0.05, 0) is 37.4 Å².